The summed E-state index contributed by atoms with van der Waals surface area (Å²) in [5, 5.41) is 3.39. The molecular formula is C21H29NO2. The van der Waals surface area contributed by atoms with Crippen molar-refractivity contribution in [3.8, 4) is 0 Å². The first-order valence-corrected chi connectivity index (χ1v) is 9.25. The molecule has 0 unspecified atom stereocenters. The summed E-state index contributed by atoms with van der Waals surface area (Å²) in [6, 6.07) is 10.1. The van der Waals surface area contributed by atoms with Gasteiger partial charge in [-0.25, -0.2) is 4.79 Å². The van der Waals surface area contributed by atoms with Gasteiger partial charge in [0.1, 0.15) is 6.10 Å². The minimum atomic E-state index is -0.140. The fourth-order valence-corrected chi connectivity index (χ4v) is 4.11. The van der Waals surface area contributed by atoms with Gasteiger partial charge in [0.05, 0.1) is 11.6 Å². The maximum absolute atomic E-state index is 12.8. The number of carbonyl (C=O) groups is 1. The average Bonchev–Trinajstić information content (AvgIpc) is 3.05. The quantitative estimate of drug-likeness (QED) is 0.840. The van der Waals surface area contributed by atoms with Crippen molar-refractivity contribution in [2.75, 3.05) is 6.54 Å². The Bertz CT molecular complexity index is 593. The molecule has 1 heterocycles. The Labute approximate surface area is 145 Å². The predicted molar refractivity (Wildman–Crippen MR) is 96.5 cm³/mol. The summed E-state index contributed by atoms with van der Waals surface area (Å²) >= 11 is 0. The van der Waals surface area contributed by atoms with Crippen molar-refractivity contribution in [3.63, 3.8) is 0 Å². The van der Waals surface area contributed by atoms with Gasteiger partial charge in [0.25, 0.3) is 0 Å². The van der Waals surface area contributed by atoms with Crippen molar-refractivity contribution in [2.45, 2.75) is 52.2 Å². The number of hydrogen-bond donors (Lipinski definition) is 1. The normalized spacial score (nSPS) is 30.2. The summed E-state index contributed by atoms with van der Waals surface area (Å²) in [6.07, 6.45) is 5.44. The average molecular weight is 327 g/mol. The van der Waals surface area contributed by atoms with Gasteiger partial charge in [-0.1, -0.05) is 63.6 Å². The lowest BCUT2D eigenvalue weighted by atomic mass is 9.75. The summed E-state index contributed by atoms with van der Waals surface area (Å²) in [7, 11) is 0. The van der Waals surface area contributed by atoms with Crippen LogP contribution in [0.4, 0.5) is 0 Å². The first-order chi connectivity index (χ1) is 11.6. The van der Waals surface area contributed by atoms with Gasteiger partial charge in [-0.2, -0.15) is 0 Å². The summed E-state index contributed by atoms with van der Waals surface area (Å²) < 4.78 is 6.02. The Morgan fingerprint density at radius 2 is 1.96 bits per heavy atom. The van der Waals surface area contributed by atoms with Crippen LogP contribution in [0.3, 0.4) is 0 Å². The van der Waals surface area contributed by atoms with Crippen LogP contribution in [0.5, 0.6) is 0 Å². The summed E-state index contributed by atoms with van der Waals surface area (Å²) in [6.45, 7) is 7.47. The molecule has 0 amide bonds. The molecule has 1 aliphatic carbocycles. The van der Waals surface area contributed by atoms with Gasteiger partial charge < -0.3 is 10.1 Å². The lowest BCUT2D eigenvalue weighted by Gasteiger charge is -2.37. The maximum Gasteiger partial charge on any atom is 0.335 e. The fourth-order valence-electron chi connectivity index (χ4n) is 4.11. The second-order valence-electron chi connectivity index (χ2n) is 7.68. The van der Waals surface area contributed by atoms with Gasteiger partial charge in [-0.05, 0) is 36.2 Å². The second-order valence-corrected chi connectivity index (χ2v) is 7.68. The third kappa shape index (κ3) is 3.72. The Kier molecular flexibility index (Phi) is 5.40. The van der Waals surface area contributed by atoms with Crippen molar-refractivity contribution in [1.29, 1.82) is 0 Å². The summed E-state index contributed by atoms with van der Waals surface area (Å²) in [4.78, 5) is 12.8. The highest BCUT2D eigenvalue weighted by Crippen LogP contribution is 2.36. The topological polar surface area (TPSA) is 38.3 Å². The van der Waals surface area contributed by atoms with Crippen LogP contribution in [-0.2, 0) is 9.53 Å². The molecule has 1 fully saturated rings. The van der Waals surface area contributed by atoms with E-state index in [-0.39, 0.29) is 18.1 Å². The zero-order valence-corrected chi connectivity index (χ0v) is 15.0. The molecule has 3 rings (SSSR count). The minimum Gasteiger partial charge on any atom is -0.459 e. The molecule has 3 heteroatoms. The monoisotopic (exact) mass is 327 g/mol. The molecule has 1 aromatic carbocycles. The number of esters is 1. The van der Waals surface area contributed by atoms with Crippen molar-refractivity contribution >= 4 is 5.97 Å². The fraction of sp³-hybridized carbons (Fsp3) is 0.571. The highest BCUT2D eigenvalue weighted by atomic mass is 16.5. The van der Waals surface area contributed by atoms with Gasteiger partial charge >= 0.3 is 5.97 Å². The number of ether oxygens (including phenoxy) is 1. The van der Waals surface area contributed by atoms with Gasteiger partial charge in [0.2, 0.25) is 0 Å². The first-order valence-electron chi connectivity index (χ1n) is 9.25. The smallest absolute Gasteiger partial charge is 0.335 e. The van der Waals surface area contributed by atoms with E-state index in [1.165, 1.54) is 6.42 Å². The first kappa shape index (κ1) is 17.2. The number of benzene rings is 1. The van der Waals surface area contributed by atoms with Crippen LogP contribution < -0.4 is 5.32 Å². The van der Waals surface area contributed by atoms with E-state index < -0.39 is 0 Å². The van der Waals surface area contributed by atoms with Gasteiger partial charge in [0, 0.05) is 6.54 Å². The molecule has 1 aromatic rings. The zero-order chi connectivity index (χ0) is 17.1. The third-order valence-corrected chi connectivity index (χ3v) is 5.54. The number of nitrogens with one attached hydrogen (secondary N) is 1. The van der Waals surface area contributed by atoms with Crippen molar-refractivity contribution in [1.82, 2.24) is 5.32 Å². The van der Waals surface area contributed by atoms with Crippen LogP contribution in [0.1, 0.15) is 51.6 Å². The highest BCUT2D eigenvalue weighted by Gasteiger charge is 2.35. The molecule has 2 aliphatic rings. The zero-order valence-electron chi connectivity index (χ0n) is 15.0. The maximum atomic E-state index is 12.8. The standard InChI is InChI=1S/C21H29NO2/c1-14(2)17-10-9-15(3)13-19(17)24-21(23)18-11-12-22-20(18)16-7-5-4-6-8-16/h4-8,11,14-15,17,19-20,22H,9-10,12-13H2,1-3H3/t15-,17+,19-,20-/m1/s1. The molecule has 0 aromatic heterocycles. The Morgan fingerprint density at radius 1 is 1.21 bits per heavy atom. The number of carbonyl (C=O) groups excluding carboxylic acids is 1. The summed E-state index contributed by atoms with van der Waals surface area (Å²) in [5.74, 6) is 1.53. The van der Waals surface area contributed by atoms with Crippen molar-refractivity contribution in [3.05, 3.63) is 47.5 Å². The molecule has 1 N–H and O–H groups in total. The lowest BCUT2D eigenvalue weighted by Crippen LogP contribution is -2.36. The molecule has 1 aliphatic heterocycles. The van der Waals surface area contributed by atoms with Gasteiger partial charge in [0.15, 0.2) is 0 Å². The minimum absolute atomic E-state index is 0.0442. The predicted octanol–water partition coefficient (Wildman–Crippen LogP) is 4.26. The van der Waals surface area contributed by atoms with E-state index in [0.717, 1.165) is 30.5 Å². The Hall–Kier alpha value is -1.61. The molecular weight excluding hydrogens is 298 g/mol. The van der Waals surface area contributed by atoms with Crippen LogP contribution in [-0.4, -0.2) is 18.6 Å². The van der Waals surface area contributed by atoms with E-state index in [0.29, 0.717) is 17.8 Å². The van der Waals surface area contributed by atoms with E-state index in [1.807, 2.05) is 24.3 Å². The Balaban J connectivity index is 1.71. The molecule has 4 atom stereocenters. The van der Waals surface area contributed by atoms with Crippen LogP contribution >= 0.6 is 0 Å². The van der Waals surface area contributed by atoms with Crippen molar-refractivity contribution < 1.29 is 9.53 Å². The Morgan fingerprint density at radius 3 is 2.67 bits per heavy atom. The molecule has 24 heavy (non-hydrogen) atoms. The van der Waals surface area contributed by atoms with E-state index in [2.05, 4.69) is 38.2 Å². The van der Waals surface area contributed by atoms with E-state index in [4.69, 9.17) is 4.74 Å². The van der Waals surface area contributed by atoms with E-state index in [1.54, 1.807) is 0 Å². The molecule has 0 saturated heterocycles. The van der Waals surface area contributed by atoms with Gasteiger partial charge in [-0.3, -0.25) is 0 Å². The van der Waals surface area contributed by atoms with Crippen LogP contribution in [0.25, 0.3) is 0 Å². The number of rotatable bonds is 4. The molecule has 0 bridgehead atoms. The lowest BCUT2D eigenvalue weighted by molar-refractivity contribution is -0.151. The molecule has 1 saturated carbocycles. The molecule has 0 radical (unpaired) electrons. The van der Waals surface area contributed by atoms with Crippen LogP contribution in [0.2, 0.25) is 0 Å². The third-order valence-electron chi connectivity index (χ3n) is 5.54. The molecule has 0 spiro atoms. The number of hydrogen-bond acceptors (Lipinski definition) is 3. The van der Waals surface area contributed by atoms with E-state index in [9.17, 15) is 4.79 Å². The summed E-state index contributed by atoms with van der Waals surface area (Å²) in [5.41, 5.74) is 1.89. The van der Waals surface area contributed by atoms with E-state index >= 15 is 0 Å². The largest absolute Gasteiger partial charge is 0.459 e. The van der Waals surface area contributed by atoms with Crippen molar-refractivity contribution in [2.24, 2.45) is 17.8 Å². The second kappa shape index (κ2) is 7.52. The molecule has 130 valence electrons. The molecule has 3 nitrogen and oxygen atoms in total. The highest BCUT2D eigenvalue weighted by molar-refractivity contribution is 5.91. The van der Waals surface area contributed by atoms with Crippen LogP contribution in [0.15, 0.2) is 42.0 Å². The van der Waals surface area contributed by atoms with Crippen LogP contribution in [0, 0.1) is 17.8 Å². The van der Waals surface area contributed by atoms with Gasteiger partial charge in [-0.15, -0.1) is 0 Å². The SMILES string of the molecule is CC(C)[C@@H]1CC[C@@H](C)C[C@H]1OC(=O)C1=CCN[C@@H]1c1ccccc1.